The summed E-state index contributed by atoms with van der Waals surface area (Å²) in [5.74, 6) is -1.07. The van der Waals surface area contributed by atoms with Crippen LogP contribution < -0.4 is 10.1 Å². The summed E-state index contributed by atoms with van der Waals surface area (Å²) in [5, 5.41) is 5.39. The molecule has 168 valence electrons. The number of carbonyl (C=O) groups excluding carboxylic acids is 1. The SMILES string of the molecule is COc1cccc(-c2cc(C(=O)Nc3nc(-c4ccc(F)cc4F)cs3)c3ccccc3n2)c1. The van der Waals surface area contributed by atoms with Crippen molar-refractivity contribution in [3.63, 3.8) is 0 Å². The Kier molecular flexibility index (Phi) is 5.73. The van der Waals surface area contributed by atoms with Gasteiger partial charge in [0.25, 0.3) is 5.91 Å². The smallest absolute Gasteiger partial charge is 0.258 e. The van der Waals surface area contributed by atoms with Crippen LogP contribution >= 0.6 is 11.3 Å². The van der Waals surface area contributed by atoms with Crippen LogP contribution in [0.2, 0.25) is 0 Å². The van der Waals surface area contributed by atoms with Gasteiger partial charge in [-0.1, -0.05) is 30.3 Å². The molecule has 1 amide bonds. The quantitative estimate of drug-likeness (QED) is 0.314. The third kappa shape index (κ3) is 4.23. The molecule has 0 atom stereocenters. The van der Waals surface area contributed by atoms with E-state index in [2.05, 4.69) is 10.3 Å². The minimum atomic E-state index is -0.716. The van der Waals surface area contributed by atoms with Crippen molar-refractivity contribution >= 4 is 33.3 Å². The van der Waals surface area contributed by atoms with E-state index in [0.717, 1.165) is 23.0 Å². The van der Waals surface area contributed by atoms with E-state index < -0.39 is 11.6 Å². The molecule has 1 N–H and O–H groups in total. The first-order valence-electron chi connectivity index (χ1n) is 10.3. The summed E-state index contributed by atoms with van der Waals surface area (Å²) in [6.45, 7) is 0. The Bertz CT molecular complexity index is 1530. The molecule has 8 heteroatoms. The molecule has 0 spiro atoms. The standard InChI is InChI=1S/C26H17F2N3O2S/c1-33-17-6-4-5-15(11-17)23-13-20(18-7-2-3-8-22(18)29-23)25(32)31-26-30-24(14-34-26)19-10-9-16(27)12-21(19)28/h2-14H,1H3,(H,30,31,32). The molecular weight excluding hydrogens is 456 g/mol. The summed E-state index contributed by atoms with van der Waals surface area (Å²) < 4.78 is 32.7. The van der Waals surface area contributed by atoms with Gasteiger partial charge in [-0.2, -0.15) is 0 Å². The molecule has 2 heterocycles. The Morgan fingerprint density at radius 2 is 1.79 bits per heavy atom. The van der Waals surface area contributed by atoms with Gasteiger partial charge >= 0.3 is 0 Å². The van der Waals surface area contributed by atoms with Gasteiger partial charge in [0.2, 0.25) is 0 Å². The van der Waals surface area contributed by atoms with Crippen molar-refractivity contribution in [2.24, 2.45) is 0 Å². The predicted molar refractivity (Wildman–Crippen MR) is 129 cm³/mol. The van der Waals surface area contributed by atoms with Gasteiger partial charge < -0.3 is 4.74 Å². The number of ether oxygens (including phenoxy) is 1. The maximum absolute atomic E-state index is 14.1. The van der Waals surface area contributed by atoms with Crippen LogP contribution in [-0.4, -0.2) is 23.0 Å². The van der Waals surface area contributed by atoms with Crippen LogP contribution in [0, 0.1) is 11.6 Å². The predicted octanol–water partition coefficient (Wildman–Crippen LogP) is 6.56. The number of nitrogens with zero attached hydrogens (tertiary/aromatic N) is 2. The fraction of sp³-hybridized carbons (Fsp3) is 0.0385. The molecule has 3 aromatic carbocycles. The van der Waals surface area contributed by atoms with Crippen molar-refractivity contribution in [2.45, 2.75) is 0 Å². The number of anilines is 1. The number of carbonyl (C=O) groups is 1. The van der Waals surface area contributed by atoms with Gasteiger partial charge in [0.15, 0.2) is 5.13 Å². The van der Waals surface area contributed by atoms with Crippen LogP contribution in [0.5, 0.6) is 5.75 Å². The molecule has 0 bridgehead atoms. The highest BCUT2D eigenvalue weighted by Gasteiger charge is 2.17. The minimum absolute atomic E-state index is 0.160. The van der Waals surface area contributed by atoms with E-state index >= 15 is 0 Å². The van der Waals surface area contributed by atoms with E-state index in [-0.39, 0.29) is 11.5 Å². The van der Waals surface area contributed by atoms with Crippen molar-refractivity contribution in [3.8, 4) is 28.3 Å². The highest BCUT2D eigenvalue weighted by Crippen LogP contribution is 2.30. The van der Waals surface area contributed by atoms with Gasteiger partial charge in [-0.05, 0) is 36.4 Å². The second kappa shape index (κ2) is 8.99. The largest absolute Gasteiger partial charge is 0.497 e. The molecule has 0 saturated carbocycles. The minimum Gasteiger partial charge on any atom is -0.497 e. The summed E-state index contributed by atoms with van der Waals surface area (Å²) in [4.78, 5) is 22.3. The van der Waals surface area contributed by atoms with Crippen LogP contribution in [0.15, 0.2) is 78.2 Å². The van der Waals surface area contributed by atoms with Crippen molar-refractivity contribution in [1.29, 1.82) is 0 Å². The molecule has 5 aromatic rings. The molecule has 0 saturated heterocycles. The molecule has 5 rings (SSSR count). The number of fused-ring (bicyclic) bond motifs is 1. The number of benzene rings is 3. The first-order valence-corrected chi connectivity index (χ1v) is 11.2. The van der Waals surface area contributed by atoms with Gasteiger partial charge in [-0.3, -0.25) is 10.1 Å². The van der Waals surface area contributed by atoms with Crippen LogP contribution in [0.3, 0.4) is 0 Å². The topological polar surface area (TPSA) is 64.1 Å². The van der Waals surface area contributed by atoms with Crippen LogP contribution in [0.1, 0.15) is 10.4 Å². The highest BCUT2D eigenvalue weighted by molar-refractivity contribution is 7.14. The van der Waals surface area contributed by atoms with E-state index in [1.807, 2.05) is 48.5 Å². The number of amides is 1. The normalized spacial score (nSPS) is 10.9. The van der Waals surface area contributed by atoms with E-state index in [1.54, 1.807) is 18.6 Å². The van der Waals surface area contributed by atoms with E-state index in [0.29, 0.717) is 38.7 Å². The fourth-order valence-corrected chi connectivity index (χ4v) is 4.32. The summed E-state index contributed by atoms with van der Waals surface area (Å²) in [7, 11) is 1.59. The van der Waals surface area contributed by atoms with Gasteiger partial charge in [0.05, 0.1) is 29.6 Å². The third-order valence-corrected chi connectivity index (χ3v) is 6.02. The summed E-state index contributed by atoms with van der Waals surface area (Å²) in [6, 6.07) is 19.8. The zero-order chi connectivity index (χ0) is 23.7. The molecule has 5 nitrogen and oxygen atoms in total. The maximum Gasteiger partial charge on any atom is 0.258 e. The number of hydrogen-bond acceptors (Lipinski definition) is 5. The first kappa shape index (κ1) is 21.7. The lowest BCUT2D eigenvalue weighted by atomic mass is 10.0. The van der Waals surface area contributed by atoms with Crippen LogP contribution in [-0.2, 0) is 0 Å². The van der Waals surface area contributed by atoms with Gasteiger partial charge in [0, 0.05) is 28.0 Å². The lowest BCUT2D eigenvalue weighted by molar-refractivity contribution is 0.102. The number of nitrogens with one attached hydrogen (secondary N) is 1. The first-order chi connectivity index (χ1) is 16.5. The maximum atomic E-state index is 14.1. The van der Waals surface area contributed by atoms with Crippen molar-refractivity contribution < 1.29 is 18.3 Å². The lowest BCUT2D eigenvalue weighted by Crippen LogP contribution is -2.13. The number of para-hydroxylation sites is 1. The second-order valence-corrected chi connectivity index (χ2v) is 8.28. The lowest BCUT2D eigenvalue weighted by Gasteiger charge is -2.10. The van der Waals surface area contributed by atoms with Crippen LogP contribution in [0.4, 0.5) is 13.9 Å². The summed E-state index contributed by atoms with van der Waals surface area (Å²) in [6.07, 6.45) is 0. The molecule has 2 aromatic heterocycles. The van der Waals surface area contributed by atoms with Gasteiger partial charge in [0.1, 0.15) is 17.4 Å². The highest BCUT2D eigenvalue weighted by atomic mass is 32.1. The fourth-order valence-electron chi connectivity index (χ4n) is 3.61. The summed E-state index contributed by atoms with van der Waals surface area (Å²) in [5.41, 5.74) is 3.00. The van der Waals surface area contributed by atoms with Gasteiger partial charge in [-0.15, -0.1) is 11.3 Å². The Hall–Kier alpha value is -4.17. The number of aromatic nitrogens is 2. The van der Waals surface area contributed by atoms with E-state index in [4.69, 9.17) is 9.72 Å². The van der Waals surface area contributed by atoms with Crippen LogP contribution in [0.25, 0.3) is 33.4 Å². The Balaban J connectivity index is 1.50. The number of pyridine rings is 1. The average molecular weight is 474 g/mol. The van der Waals surface area contributed by atoms with Crippen molar-refractivity contribution in [1.82, 2.24) is 9.97 Å². The monoisotopic (exact) mass is 473 g/mol. The molecule has 0 fully saturated rings. The molecule has 0 aliphatic heterocycles. The van der Waals surface area contributed by atoms with E-state index in [1.165, 1.54) is 12.1 Å². The molecule has 0 radical (unpaired) electrons. The van der Waals surface area contributed by atoms with Gasteiger partial charge in [-0.25, -0.2) is 18.7 Å². The summed E-state index contributed by atoms with van der Waals surface area (Å²) >= 11 is 1.16. The number of methoxy groups -OCH3 is 1. The number of rotatable bonds is 5. The Morgan fingerprint density at radius 1 is 0.941 bits per heavy atom. The molecule has 0 aliphatic rings. The average Bonchev–Trinajstić information content (AvgIpc) is 3.31. The zero-order valence-corrected chi connectivity index (χ0v) is 18.7. The zero-order valence-electron chi connectivity index (χ0n) is 17.9. The number of halogens is 2. The molecule has 0 unspecified atom stereocenters. The Labute approximate surface area is 197 Å². The molecular formula is C26H17F2N3O2S. The van der Waals surface area contributed by atoms with Crippen molar-refractivity contribution in [2.75, 3.05) is 12.4 Å². The van der Waals surface area contributed by atoms with Crippen molar-refractivity contribution in [3.05, 3.63) is 95.4 Å². The molecule has 0 aliphatic carbocycles. The number of thiazole rings is 1. The number of hydrogen-bond donors (Lipinski definition) is 1. The second-order valence-electron chi connectivity index (χ2n) is 7.42. The molecule has 34 heavy (non-hydrogen) atoms. The third-order valence-electron chi connectivity index (χ3n) is 5.26. The Morgan fingerprint density at radius 3 is 2.62 bits per heavy atom. The van der Waals surface area contributed by atoms with E-state index in [9.17, 15) is 13.6 Å².